The molecule has 0 spiro atoms. The highest BCUT2D eigenvalue weighted by atomic mass is 79.9. The SMILES string of the molecule is CC(c1ccc(F)cc1)N(CCCC(=O)O)CCCN(C(N)=O)c1ccc(Br)cc1. The number of amides is 2. The number of carboxylic acids is 1. The molecule has 0 radical (unpaired) electrons. The Labute approximate surface area is 184 Å². The van der Waals surface area contributed by atoms with Crippen molar-refractivity contribution in [1.29, 1.82) is 0 Å². The molecule has 0 aliphatic heterocycles. The quantitative estimate of drug-likeness (QED) is 0.484. The molecule has 0 fully saturated rings. The molecule has 2 aromatic rings. The Balaban J connectivity index is 2.04. The van der Waals surface area contributed by atoms with Gasteiger partial charge in [-0.1, -0.05) is 28.1 Å². The van der Waals surface area contributed by atoms with E-state index >= 15 is 0 Å². The van der Waals surface area contributed by atoms with Gasteiger partial charge < -0.3 is 10.8 Å². The summed E-state index contributed by atoms with van der Waals surface area (Å²) in [5, 5.41) is 8.95. The highest BCUT2D eigenvalue weighted by molar-refractivity contribution is 9.10. The van der Waals surface area contributed by atoms with Crippen molar-refractivity contribution in [1.82, 2.24) is 4.90 Å². The zero-order chi connectivity index (χ0) is 22.1. The maximum absolute atomic E-state index is 13.3. The smallest absolute Gasteiger partial charge is 0.319 e. The Kier molecular flexibility index (Phi) is 9.26. The summed E-state index contributed by atoms with van der Waals surface area (Å²) in [6.45, 7) is 3.66. The van der Waals surface area contributed by atoms with E-state index in [2.05, 4.69) is 20.8 Å². The third-order valence-corrected chi connectivity index (χ3v) is 5.50. The summed E-state index contributed by atoms with van der Waals surface area (Å²) in [5.74, 6) is -1.13. The van der Waals surface area contributed by atoms with Gasteiger partial charge in [-0.05, 0) is 68.3 Å². The number of anilines is 1. The van der Waals surface area contributed by atoms with E-state index in [9.17, 15) is 14.0 Å². The summed E-state index contributed by atoms with van der Waals surface area (Å²) < 4.78 is 14.2. The van der Waals surface area contributed by atoms with Gasteiger partial charge in [0.25, 0.3) is 0 Å². The van der Waals surface area contributed by atoms with Crippen LogP contribution in [0.4, 0.5) is 14.9 Å². The number of halogens is 2. The van der Waals surface area contributed by atoms with Crippen LogP contribution in [0, 0.1) is 5.82 Å². The summed E-state index contributed by atoms with van der Waals surface area (Å²) in [5.41, 5.74) is 7.23. The maximum Gasteiger partial charge on any atom is 0.319 e. The molecule has 162 valence electrons. The van der Waals surface area contributed by atoms with E-state index in [0.717, 1.165) is 15.7 Å². The Morgan fingerprint density at radius 2 is 1.63 bits per heavy atom. The molecule has 0 heterocycles. The first-order valence-corrected chi connectivity index (χ1v) is 10.6. The number of nitrogens with zero attached hydrogens (tertiary/aromatic N) is 2. The second kappa shape index (κ2) is 11.7. The minimum absolute atomic E-state index is 0.0193. The Hall–Kier alpha value is -2.45. The zero-order valence-electron chi connectivity index (χ0n) is 16.9. The van der Waals surface area contributed by atoms with Gasteiger partial charge >= 0.3 is 12.0 Å². The van der Waals surface area contributed by atoms with Gasteiger partial charge in [-0.15, -0.1) is 0 Å². The fourth-order valence-electron chi connectivity index (χ4n) is 3.30. The van der Waals surface area contributed by atoms with Crippen LogP contribution < -0.4 is 10.6 Å². The van der Waals surface area contributed by atoms with Gasteiger partial charge in [0.05, 0.1) is 0 Å². The van der Waals surface area contributed by atoms with Crippen LogP contribution in [-0.2, 0) is 4.79 Å². The highest BCUT2D eigenvalue weighted by Gasteiger charge is 2.18. The number of benzene rings is 2. The predicted molar refractivity (Wildman–Crippen MR) is 119 cm³/mol. The number of primary amides is 1. The lowest BCUT2D eigenvalue weighted by Gasteiger charge is -2.30. The summed E-state index contributed by atoms with van der Waals surface area (Å²) in [4.78, 5) is 26.5. The van der Waals surface area contributed by atoms with Gasteiger partial charge in [-0.3, -0.25) is 14.6 Å². The minimum atomic E-state index is -0.834. The van der Waals surface area contributed by atoms with Gasteiger partial charge in [-0.25, -0.2) is 9.18 Å². The fourth-order valence-corrected chi connectivity index (χ4v) is 3.57. The average Bonchev–Trinajstić information content (AvgIpc) is 2.70. The van der Waals surface area contributed by atoms with E-state index < -0.39 is 12.0 Å². The van der Waals surface area contributed by atoms with Crippen LogP contribution in [0.1, 0.15) is 37.8 Å². The third-order valence-electron chi connectivity index (χ3n) is 4.97. The van der Waals surface area contributed by atoms with Crippen molar-refractivity contribution in [2.45, 2.75) is 32.2 Å². The van der Waals surface area contributed by atoms with Crippen LogP contribution in [0.5, 0.6) is 0 Å². The molecule has 0 aliphatic carbocycles. The van der Waals surface area contributed by atoms with Crippen molar-refractivity contribution in [2.75, 3.05) is 24.5 Å². The maximum atomic E-state index is 13.3. The largest absolute Gasteiger partial charge is 0.481 e. The lowest BCUT2D eigenvalue weighted by atomic mass is 10.1. The number of rotatable bonds is 11. The number of hydrogen-bond acceptors (Lipinski definition) is 3. The second-order valence-electron chi connectivity index (χ2n) is 7.08. The van der Waals surface area contributed by atoms with Crippen LogP contribution >= 0.6 is 15.9 Å². The lowest BCUT2D eigenvalue weighted by Crippen LogP contribution is -2.38. The molecule has 0 bridgehead atoms. The number of aliphatic carboxylic acids is 1. The molecule has 1 unspecified atom stereocenters. The van der Waals surface area contributed by atoms with E-state index in [-0.39, 0.29) is 18.3 Å². The molecule has 0 saturated heterocycles. The van der Waals surface area contributed by atoms with Gasteiger partial charge in [0.2, 0.25) is 0 Å². The fraction of sp³-hybridized carbons (Fsp3) is 0.364. The molecule has 2 aromatic carbocycles. The van der Waals surface area contributed by atoms with Crippen molar-refractivity contribution in [3.63, 3.8) is 0 Å². The molecule has 2 rings (SSSR count). The van der Waals surface area contributed by atoms with Gasteiger partial charge in [-0.2, -0.15) is 0 Å². The summed E-state index contributed by atoms with van der Waals surface area (Å²) in [6, 6.07) is 13.1. The van der Waals surface area contributed by atoms with Gasteiger partial charge in [0.15, 0.2) is 0 Å². The summed E-state index contributed by atoms with van der Waals surface area (Å²) >= 11 is 3.37. The van der Waals surface area contributed by atoms with Gasteiger partial charge in [0.1, 0.15) is 5.82 Å². The van der Waals surface area contributed by atoms with E-state index in [0.29, 0.717) is 32.5 Å². The Bertz CT molecular complexity index is 831. The van der Waals surface area contributed by atoms with Crippen molar-refractivity contribution >= 4 is 33.6 Å². The molecule has 8 heteroatoms. The molecule has 0 saturated carbocycles. The molecular formula is C22H27BrFN3O3. The molecular weight excluding hydrogens is 453 g/mol. The zero-order valence-corrected chi connectivity index (χ0v) is 18.5. The molecule has 3 N–H and O–H groups in total. The monoisotopic (exact) mass is 479 g/mol. The normalized spacial score (nSPS) is 12.0. The predicted octanol–water partition coefficient (Wildman–Crippen LogP) is 4.79. The standard InChI is InChI=1S/C22H27BrFN3O3/c1-16(17-5-9-19(24)10-6-17)26(13-2-4-21(28)29)14-3-15-27(22(25)30)20-11-7-18(23)8-12-20/h5-12,16H,2-4,13-15H2,1H3,(H2,25,30)(H,28,29). The molecule has 2 amide bonds. The third kappa shape index (κ3) is 7.42. The first kappa shape index (κ1) is 23.8. The van der Waals surface area contributed by atoms with Crippen LogP contribution in [0.25, 0.3) is 0 Å². The van der Waals surface area contributed by atoms with E-state index in [1.165, 1.54) is 17.0 Å². The summed E-state index contributed by atoms with van der Waals surface area (Å²) in [6.07, 6.45) is 1.24. The van der Waals surface area contributed by atoms with Crippen molar-refractivity contribution < 1.29 is 19.1 Å². The highest BCUT2D eigenvalue weighted by Crippen LogP contribution is 2.23. The lowest BCUT2D eigenvalue weighted by molar-refractivity contribution is -0.137. The Morgan fingerprint density at radius 1 is 1.03 bits per heavy atom. The van der Waals surface area contributed by atoms with E-state index in [1.54, 1.807) is 12.1 Å². The van der Waals surface area contributed by atoms with Crippen molar-refractivity contribution in [3.8, 4) is 0 Å². The van der Waals surface area contributed by atoms with E-state index in [4.69, 9.17) is 10.8 Å². The van der Waals surface area contributed by atoms with Crippen LogP contribution in [0.2, 0.25) is 0 Å². The number of urea groups is 1. The van der Waals surface area contributed by atoms with Crippen molar-refractivity contribution in [2.24, 2.45) is 5.73 Å². The molecule has 1 atom stereocenters. The number of carbonyl (C=O) groups is 2. The summed E-state index contributed by atoms with van der Waals surface area (Å²) in [7, 11) is 0. The van der Waals surface area contributed by atoms with Crippen molar-refractivity contribution in [3.05, 3.63) is 64.4 Å². The number of carboxylic acid groups (broad SMARTS) is 1. The van der Waals surface area contributed by atoms with E-state index in [1.807, 2.05) is 31.2 Å². The average molecular weight is 480 g/mol. The first-order valence-electron chi connectivity index (χ1n) is 9.81. The number of carbonyl (C=O) groups excluding carboxylic acids is 1. The molecule has 30 heavy (non-hydrogen) atoms. The molecule has 0 aliphatic rings. The second-order valence-corrected chi connectivity index (χ2v) is 8.00. The minimum Gasteiger partial charge on any atom is -0.481 e. The topological polar surface area (TPSA) is 86.9 Å². The number of nitrogens with two attached hydrogens (primary N) is 1. The Morgan fingerprint density at radius 3 is 2.20 bits per heavy atom. The number of hydrogen-bond donors (Lipinski definition) is 2. The van der Waals surface area contributed by atoms with Crippen LogP contribution in [0.15, 0.2) is 53.0 Å². The molecule has 6 nitrogen and oxygen atoms in total. The first-order chi connectivity index (χ1) is 14.3. The van der Waals surface area contributed by atoms with Crippen LogP contribution in [-0.4, -0.2) is 41.6 Å². The van der Waals surface area contributed by atoms with Crippen LogP contribution in [0.3, 0.4) is 0 Å². The van der Waals surface area contributed by atoms with Gasteiger partial charge in [0, 0.05) is 35.7 Å². The molecule has 0 aromatic heterocycles.